The van der Waals surface area contributed by atoms with E-state index in [9.17, 15) is 4.79 Å². The van der Waals surface area contributed by atoms with Crippen LogP contribution in [0.25, 0.3) is 0 Å². The molecule has 5 nitrogen and oxygen atoms in total. The smallest absolute Gasteiger partial charge is 0.230 e. The maximum Gasteiger partial charge on any atom is 0.230 e. The van der Waals surface area contributed by atoms with Crippen LogP contribution in [0, 0.1) is 0 Å². The summed E-state index contributed by atoms with van der Waals surface area (Å²) in [6, 6.07) is 7.48. The number of anilines is 1. The molecule has 0 saturated carbocycles. The Hall–Kier alpha value is -1.82. The Balaban J connectivity index is 1.73. The van der Waals surface area contributed by atoms with E-state index in [0.29, 0.717) is 12.6 Å². The molecule has 2 rings (SSSR count). The molecule has 0 atom stereocenters. The second kappa shape index (κ2) is 6.20. The standard InChI is InChI=1S/C12H12BrN3O2/c13-9-2-1-3-10(8-9)18-7-4-11(17)16-12-14-5-6-15-12/h1-3,5-6,8H,4,7H2,(H2,14,15,16,17). The van der Waals surface area contributed by atoms with Crippen LogP contribution in [0.1, 0.15) is 6.42 Å². The number of hydrogen-bond donors (Lipinski definition) is 2. The number of rotatable bonds is 5. The first kappa shape index (κ1) is 12.6. The van der Waals surface area contributed by atoms with E-state index < -0.39 is 0 Å². The molecule has 18 heavy (non-hydrogen) atoms. The van der Waals surface area contributed by atoms with Gasteiger partial charge in [-0.15, -0.1) is 0 Å². The quantitative estimate of drug-likeness (QED) is 0.892. The fraction of sp³-hybridized carbons (Fsp3) is 0.167. The topological polar surface area (TPSA) is 67.0 Å². The molecule has 2 N–H and O–H groups in total. The van der Waals surface area contributed by atoms with Crippen LogP contribution in [0.4, 0.5) is 5.95 Å². The summed E-state index contributed by atoms with van der Waals surface area (Å²) in [7, 11) is 0. The van der Waals surface area contributed by atoms with Gasteiger partial charge in [0.25, 0.3) is 0 Å². The Morgan fingerprint density at radius 3 is 3.11 bits per heavy atom. The van der Waals surface area contributed by atoms with Gasteiger partial charge in [0, 0.05) is 16.9 Å². The van der Waals surface area contributed by atoms with E-state index in [1.807, 2.05) is 24.3 Å². The summed E-state index contributed by atoms with van der Waals surface area (Å²) >= 11 is 3.35. The minimum atomic E-state index is -0.139. The first-order valence-corrected chi connectivity index (χ1v) is 6.21. The Morgan fingerprint density at radius 2 is 2.39 bits per heavy atom. The van der Waals surface area contributed by atoms with Gasteiger partial charge in [-0.3, -0.25) is 10.1 Å². The first-order chi connectivity index (χ1) is 8.74. The summed E-state index contributed by atoms with van der Waals surface area (Å²) in [6.07, 6.45) is 3.49. The normalized spacial score (nSPS) is 10.1. The van der Waals surface area contributed by atoms with Crippen molar-refractivity contribution in [3.8, 4) is 5.75 Å². The lowest BCUT2D eigenvalue weighted by Gasteiger charge is -2.06. The van der Waals surface area contributed by atoms with Crippen molar-refractivity contribution in [3.05, 3.63) is 41.1 Å². The summed E-state index contributed by atoms with van der Waals surface area (Å²) in [6.45, 7) is 0.322. The molecule has 0 saturated heterocycles. The number of halogens is 1. The molecular weight excluding hydrogens is 298 g/mol. The van der Waals surface area contributed by atoms with Gasteiger partial charge in [0.1, 0.15) is 5.75 Å². The monoisotopic (exact) mass is 309 g/mol. The molecule has 0 bridgehead atoms. The van der Waals surface area contributed by atoms with Gasteiger partial charge in [0.05, 0.1) is 13.0 Å². The number of H-pyrrole nitrogens is 1. The lowest BCUT2D eigenvalue weighted by Crippen LogP contribution is -2.15. The predicted molar refractivity (Wildman–Crippen MR) is 71.5 cm³/mol. The average molecular weight is 310 g/mol. The van der Waals surface area contributed by atoms with Crippen LogP contribution in [0.5, 0.6) is 5.75 Å². The van der Waals surface area contributed by atoms with E-state index in [2.05, 4.69) is 31.2 Å². The Bertz CT molecular complexity index is 514. The molecule has 0 aliphatic heterocycles. The second-order valence-electron chi connectivity index (χ2n) is 3.54. The summed E-state index contributed by atoms with van der Waals surface area (Å²) in [4.78, 5) is 18.2. The SMILES string of the molecule is O=C(CCOc1cccc(Br)c1)Nc1ncc[nH]1. The Kier molecular flexibility index (Phi) is 4.35. The Labute approximate surface area is 113 Å². The third kappa shape index (κ3) is 3.89. The zero-order valence-corrected chi connectivity index (χ0v) is 11.1. The van der Waals surface area contributed by atoms with Crippen molar-refractivity contribution in [2.24, 2.45) is 0 Å². The molecule has 0 aliphatic rings. The molecule has 1 aromatic heterocycles. The zero-order valence-electron chi connectivity index (χ0n) is 9.52. The van der Waals surface area contributed by atoms with Crippen molar-refractivity contribution in [1.29, 1.82) is 0 Å². The molecule has 1 heterocycles. The maximum absolute atomic E-state index is 11.5. The lowest BCUT2D eigenvalue weighted by atomic mass is 10.3. The van der Waals surface area contributed by atoms with E-state index in [1.165, 1.54) is 0 Å². The predicted octanol–water partition coefficient (Wildman–Crippen LogP) is 2.58. The molecular formula is C12H12BrN3O2. The number of nitrogens with one attached hydrogen (secondary N) is 2. The highest BCUT2D eigenvalue weighted by Crippen LogP contribution is 2.17. The van der Waals surface area contributed by atoms with Crippen molar-refractivity contribution in [2.45, 2.75) is 6.42 Å². The third-order valence-corrected chi connectivity index (χ3v) is 2.64. The van der Waals surface area contributed by atoms with Gasteiger partial charge in [0.15, 0.2) is 0 Å². The van der Waals surface area contributed by atoms with E-state index in [0.717, 1.165) is 10.2 Å². The van der Waals surface area contributed by atoms with Crippen molar-refractivity contribution in [2.75, 3.05) is 11.9 Å². The van der Waals surface area contributed by atoms with Gasteiger partial charge >= 0.3 is 0 Å². The highest BCUT2D eigenvalue weighted by molar-refractivity contribution is 9.10. The molecule has 0 radical (unpaired) electrons. The van der Waals surface area contributed by atoms with Crippen LogP contribution >= 0.6 is 15.9 Å². The molecule has 0 unspecified atom stereocenters. The summed E-state index contributed by atoms with van der Waals surface area (Å²) in [5.41, 5.74) is 0. The fourth-order valence-corrected chi connectivity index (χ4v) is 1.72. The number of benzene rings is 1. The van der Waals surface area contributed by atoms with Crippen LogP contribution < -0.4 is 10.1 Å². The minimum Gasteiger partial charge on any atom is -0.493 e. The van der Waals surface area contributed by atoms with Crippen LogP contribution in [-0.2, 0) is 4.79 Å². The maximum atomic E-state index is 11.5. The molecule has 6 heteroatoms. The van der Waals surface area contributed by atoms with Crippen molar-refractivity contribution in [1.82, 2.24) is 9.97 Å². The number of carbonyl (C=O) groups is 1. The van der Waals surface area contributed by atoms with Gasteiger partial charge < -0.3 is 9.72 Å². The van der Waals surface area contributed by atoms with Crippen molar-refractivity contribution < 1.29 is 9.53 Å². The van der Waals surface area contributed by atoms with Crippen LogP contribution in [0.2, 0.25) is 0 Å². The van der Waals surface area contributed by atoms with E-state index >= 15 is 0 Å². The third-order valence-electron chi connectivity index (χ3n) is 2.15. The van der Waals surface area contributed by atoms with Gasteiger partial charge in [-0.2, -0.15) is 0 Å². The molecule has 2 aromatic rings. The van der Waals surface area contributed by atoms with E-state index in [4.69, 9.17) is 4.74 Å². The average Bonchev–Trinajstić information content (AvgIpc) is 2.82. The number of aromatic amines is 1. The largest absolute Gasteiger partial charge is 0.493 e. The summed E-state index contributed by atoms with van der Waals surface area (Å²) < 4.78 is 6.40. The molecule has 1 amide bonds. The minimum absolute atomic E-state index is 0.139. The van der Waals surface area contributed by atoms with E-state index in [-0.39, 0.29) is 12.3 Å². The summed E-state index contributed by atoms with van der Waals surface area (Å²) in [5.74, 6) is 1.04. The first-order valence-electron chi connectivity index (χ1n) is 5.41. The van der Waals surface area contributed by atoms with Crippen molar-refractivity contribution in [3.63, 3.8) is 0 Å². The highest BCUT2D eigenvalue weighted by atomic mass is 79.9. The number of nitrogens with zero attached hydrogens (tertiary/aromatic N) is 1. The number of hydrogen-bond acceptors (Lipinski definition) is 3. The molecule has 94 valence electrons. The van der Waals surface area contributed by atoms with Crippen molar-refractivity contribution >= 4 is 27.8 Å². The molecule has 0 spiro atoms. The highest BCUT2D eigenvalue weighted by Gasteiger charge is 2.04. The Morgan fingerprint density at radius 1 is 1.50 bits per heavy atom. The number of carbonyl (C=O) groups excluding carboxylic acids is 1. The number of ether oxygens (including phenoxy) is 1. The summed E-state index contributed by atoms with van der Waals surface area (Å²) in [5, 5.41) is 2.62. The number of amides is 1. The van der Waals surface area contributed by atoms with Gasteiger partial charge in [-0.1, -0.05) is 22.0 Å². The van der Waals surface area contributed by atoms with Crippen LogP contribution in [0.3, 0.4) is 0 Å². The zero-order chi connectivity index (χ0) is 12.8. The van der Waals surface area contributed by atoms with Gasteiger partial charge in [-0.25, -0.2) is 4.98 Å². The van der Waals surface area contributed by atoms with Crippen LogP contribution in [-0.4, -0.2) is 22.5 Å². The van der Waals surface area contributed by atoms with E-state index in [1.54, 1.807) is 12.4 Å². The molecule has 1 aromatic carbocycles. The van der Waals surface area contributed by atoms with Gasteiger partial charge in [-0.05, 0) is 18.2 Å². The fourth-order valence-electron chi connectivity index (χ4n) is 1.35. The molecule has 0 aliphatic carbocycles. The molecule has 0 fully saturated rings. The lowest BCUT2D eigenvalue weighted by molar-refractivity contribution is -0.116. The van der Waals surface area contributed by atoms with Crippen LogP contribution in [0.15, 0.2) is 41.1 Å². The number of aromatic nitrogens is 2. The van der Waals surface area contributed by atoms with Gasteiger partial charge in [0.2, 0.25) is 11.9 Å². The number of imidazole rings is 1. The second-order valence-corrected chi connectivity index (χ2v) is 4.46.